The van der Waals surface area contributed by atoms with Crippen molar-refractivity contribution in [1.29, 1.82) is 0 Å². The van der Waals surface area contributed by atoms with Crippen LogP contribution in [0.1, 0.15) is 45.6 Å². The van der Waals surface area contributed by atoms with Crippen molar-refractivity contribution in [2.45, 2.75) is 45.6 Å². The molecule has 5 rings (SSSR count). The highest BCUT2D eigenvalue weighted by atomic mass is 35.5. The van der Waals surface area contributed by atoms with Crippen molar-refractivity contribution in [3.8, 4) is 0 Å². The first-order valence-electron chi connectivity index (χ1n) is 13.4. The lowest BCUT2D eigenvalue weighted by Gasteiger charge is -2.33. The van der Waals surface area contributed by atoms with Gasteiger partial charge in [-0.05, 0) is 63.8 Å². The number of nitrogens with one attached hydrogen (secondary N) is 3. The number of nitrogens with zero attached hydrogens (tertiary/aromatic N) is 4. The van der Waals surface area contributed by atoms with E-state index in [0.717, 1.165) is 29.9 Å². The fourth-order valence-corrected chi connectivity index (χ4v) is 4.97. The molecule has 1 aromatic carbocycles. The number of carbonyl (C=O) groups excluding carboxylic acids is 2. The largest absolute Gasteiger partial charge is 0.444 e. The fraction of sp³-hybridized carbons (Fsp3) is 0.379. The number of halogens is 1. The molecule has 0 radical (unpaired) electrons. The van der Waals surface area contributed by atoms with E-state index in [9.17, 15) is 9.59 Å². The molecule has 2 aliphatic heterocycles. The maximum absolute atomic E-state index is 12.4. The number of anilines is 3. The van der Waals surface area contributed by atoms with Gasteiger partial charge < -0.3 is 25.6 Å². The van der Waals surface area contributed by atoms with Gasteiger partial charge in [0.15, 0.2) is 5.65 Å². The quantitative estimate of drug-likeness (QED) is 0.334. The minimum absolute atomic E-state index is 0.159. The Morgan fingerprint density at radius 2 is 2.05 bits per heavy atom. The first-order valence-corrected chi connectivity index (χ1v) is 13.7. The van der Waals surface area contributed by atoms with E-state index in [1.54, 1.807) is 15.6 Å². The number of carbonyl (C=O) groups is 2. The molecule has 0 unspecified atom stereocenters. The lowest BCUT2D eigenvalue weighted by Crippen LogP contribution is -2.42. The summed E-state index contributed by atoms with van der Waals surface area (Å²) in [5.74, 6) is 1.58. The Bertz CT molecular complexity index is 1480. The number of hydrogen-bond donors (Lipinski definition) is 3. The Labute approximate surface area is 238 Å². The summed E-state index contributed by atoms with van der Waals surface area (Å²) in [5, 5.41) is 14.8. The average Bonchev–Trinajstić information content (AvgIpc) is 3.43. The van der Waals surface area contributed by atoms with Gasteiger partial charge in [0.25, 0.3) is 5.91 Å². The predicted molar refractivity (Wildman–Crippen MR) is 157 cm³/mol. The molecule has 2 saturated heterocycles. The fourth-order valence-electron chi connectivity index (χ4n) is 4.78. The Morgan fingerprint density at radius 1 is 1.27 bits per heavy atom. The number of hydrogen-bond acceptors (Lipinski definition) is 7. The highest BCUT2D eigenvalue weighted by Crippen LogP contribution is 2.27. The molecular formula is C29H34ClN7O3. The lowest BCUT2D eigenvalue weighted by atomic mass is 9.97. The molecular weight excluding hydrogens is 530 g/mol. The summed E-state index contributed by atoms with van der Waals surface area (Å²) in [5.41, 5.74) is 2.91. The SMILES string of the molecule is C=C1C/C(=C\c2cnn3c(NCC4CCN(C(=O)OC(C)(C)C)CC4)cc(Nc4cccc(Cl)c4)nc23)C(=O)N1. The van der Waals surface area contributed by atoms with Crippen LogP contribution in [0.3, 0.4) is 0 Å². The van der Waals surface area contributed by atoms with E-state index in [-0.39, 0.29) is 12.0 Å². The molecule has 0 spiro atoms. The predicted octanol–water partition coefficient (Wildman–Crippen LogP) is 5.60. The van der Waals surface area contributed by atoms with Crippen LogP contribution in [0.15, 0.2) is 54.4 Å². The molecule has 210 valence electrons. The Kier molecular flexibility index (Phi) is 7.71. The number of allylic oxidation sites excluding steroid dienone is 1. The summed E-state index contributed by atoms with van der Waals surface area (Å²) in [6.45, 7) is 11.5. The third-order valence-electron chi connectivity index (χ3n) is 6.75. The molecule has 10 nitrogen and oxygen atoms in total. The average molecular weight is 564 g/mol. The van der Waals surface area contributed by atoms with Crippen LogP contribution in [0.25, 0.3) is 11.7 Å². The number of aromatic nitrogens is 3. The summed E-state index contributed by atoms with van der Waals surface area (Å²) in [6, 6.07) is 9.32. The van der Waals surface area contributed by atoms with E-state index < -0.39 is 5.60 Å². The highest BCUT2D eigenvalue weighted by Gasteiger charge is 2.27. The van der Waals surface area contributed by atoms with Crippen molar-refractivity contribution >= 4 is 52.6 Å². The van der Waals surface area contributed by atoms with Crippen LogP contribution in [0, 0.1) is 5.92 Å². The van der Waals surface area contributed by atoms with Gasteiger partial charge in [-0.2, -0.15) is 9.61 Å². The number of amides is 2. The molecule has 2 fully saturated rings. The van der Waals surface area contributed by atoms with E-state index in [0.29, 0.717) is 59.7 Å². The number of likely N-dealkylation sites (tertiary alicyclic amines) is 1. The molecule has 0 bridgehead atoms. The zero-order valence-corrected chi connectivity index (χ0v) is 23.7. The van der Waals surface area contributed by atoms with Gasteiger partial charge in [0.2, 0.25) is 0 Å². The first kappa shape index (κ1) is 27.5. The van der Waals surface area contributed by atoms with Gasteiger partial charge in [0.05, 0.1) is 6.20 Å². The molecule has 3 N–H and O–H groups in total. The summed E-state index contributed by atoms with van der Waals surface area (Å²) in [4.78, 5) is 31.3. The Hall–Kier alpha value is -4.05. The van der Waals surface area contributed by atoms with Crippen molar-refractivity contribution in [3.05, 3.63) is 65.0 Å². The molecule has 2 amide bonds. The van der Waals surface area contributed by atoms with Gasteiger partial charge in [-0.3, -0.25) is 4.79 Å². The van der Waals surface area contributed by atoms with Gasteiger partial charge in [0, 0.05) is 59.7 Å². The number of ether oxygens (including phenoxy) is 1. The maximum Gasteiger partial charge on any atom is 0.410 e. The second-order valence-electron chi connectivity index (χ2n) is 11.2. The zero-order valence-electron chi connectivity index (χ0n) is 23.0. The van der Waals surface area contributed by atoms with E-state index in [1.807, 2.05) is 57.2 Å². The second kappa shape index (κ2) is 11.2. The number of fused-ring (bicyclic) bond motifs is 1. The molecule has 2 aliphatic rings. The van der Waals surface area contributed by atoms with Gasteiger partial charge in [0.1, 0.15) is 17.2 Å². The standard InChI is InChI=1S/C29H34ClN7O3/c1-18-12-20(27(38)33-18)13-21-17-32-37-25(15-24(35-26(21)37)34-23-7-5-6-22(30)14-23)31-16-19-8-10-36(11-9-19)28(39)40-29(2,3)4/h5-7,13-15,17,19,31H,1,8-12,16H2,2-4H3,(H,33,38)(H,34,35)/b20-13+. The monoisotopic (exact) mass is 563 g/mol. The molecule has 11 heteroatoms. The van der Waals surface area contributed by atoms with Gasteiger partial charge in [-0.1, -0.05) is 24.2 Å². The van der Waals surface area contributed by atoms with E-state index in [2.05, 4.69) is 27.6 Å². The van der Waals surface area contributed by atoms with Crippen molar-refractivity contribution in [1.82, 2.24) is 24.8 Å². The number of piperidine rings is 1. The number of rotatable bonds is 6. The van der Waals surface area contributed by atoms with Crippen molar-refractivity contribution < 1.29 is 14.3 Å². The Morgan fingerprint density at radius 3 is 2.73 bits per heavy atom. The molecule has 0 aliphatic carbocycles. The molecule has 4 heterocycles. The van der Waals surface area contributed by atoms with Gasteiger partial charge in [-0.25, -0.2) is 9.78 Å². The summed E-state index contributed by atoms with van der Waals surface area (Å²) >= 11 is 6.19. The van der Waals surface area contributed by atoms with E-state index in [4.69, 9.17) is 21.3 Å². The van der Waals surface area contributed by atoms with Crippen LogP contribution in [0.4, 0.5) is 22.1 Å². The molecule has 40 heavy (non-hydrogen) atoms. The van der Waals surface area contributed by atoms with Crippen LogP contribution >= 0.6 is 11.6 Å². The molecule has 0 saturated carbocycles. The zero-order chi connectivity index (χ0) is 28.4. The van der Waals surface area contributed by atoms with Crippen LogP contribution in [0.5, 0.6) is 0 Å². The van der Waals surface area contributed by atoms with E-state index in [1.165, 1.54) is 0 Å². The van der Waals surface area contributed by atoms with Gasteiger partial charge in [-0.15, -0.1) is 0 Å². The first-order chi connectivity index (χ1) is 19.0. The van der Waals surface area contributed by atoms with Crippen LogP contribution in [-0.2, 0) is 9.53 Å². The summed E-state index contributed by atoms with van der Waals surface area (Å²) in [7, 11) is 0. The molecule has 2 aromatic heterocycles. The lowest BCUT2D eigenvalue weighted by molar-refractivity contribution is -0.115. The van der Waals surface area contributed by atoms with Crippen molar-refractivity contribution in [3.63, 3.8) is 0 Å². The minimum atomic E-state index is -0.507. The van der Waals surface area contributed by atoms with Crippen LogP contribution < -0.4 is 16.0 Å². The van der Waals surface area contributed by atoms with Gasteiger partial charge >= 0.3 is 6.09 Å². The van der Waals surface area contributed by atoms with E-state index >= 15 is 0 Å². The number of benzene rings is 1. The normalized spacial score (nSPS) is 17.4. The highest BCUT2D eigenvalue weighted by molar-refractivity contribution is 6.30. The third-order valence-corrected chi connectivity index (χ3v) is 6.98. The molecule has 0 atom stereocenters. The smallest absolute Gasteiger partial charge is 0.410 e. The third kappa shape index (κ3) is 6.56. The minimum Gasteiger partial charge on any atom is -0.444 e. The van der Waals surface area contributed by atoms with Crippen molar-refractivity contribution in [2.75, 3.05) is 30.3 Å². The summed E-state index contributed by atoms with van der Waals surface area (Å²) in [6.07, 6.45) is 5.44. The van der Waals surface area contributed by atoms with Crippen LogP contribution in [-0.4, -0.2) is 56.7 Å². The maximum atomic E-state index is 12.4. The second-order valence-corrected chi connectivity index (χ2v) is 11.6. The Balaban J connectivity index is 1.36. The molecule has 3 aromatic rings. The van der Waals surface area contributed by atoms with Crippen molar-refractivity contribution in [2.24, 2.45) is 5.92 Å². The topological polar surface area (TPSA) is 113 Å². The summed E-state index contributed by atoms with van der Waals surface area (Å²) < 4.78 is 7.27. The van der Waals surface area contributed by atoms with Crippen LogP contribution in [0.2, 0.25) is 5.02 Å².